The van der Waals surface area contributed by atoms with Crippen molar-refractivity contribution in [2.24, 2.45) is 5.41 Å². The molecule has 0 spiro atoms. The molecule has 3 aliphatic carbocycles. The van der Waals surface area contributed by atoms with Gasteiger partial charge in [-0.3, -0.25) is 9.69 Å². The molecule has 6 nitrogen and oxygen atoms in total. The largest absolute Gasteiger partial charge is 0.394 e. The fraction of sp³-hybridized carbons (Fsp3) is 0.571. The SMILES string of the molecule is CCCN(CC(O)CO)CC1(O)CCC2c3ccc(cc3C(=O)c3ccccc3)CC(O)CCC(C)=CCCC21C. The van der Waals surface area contributed by atoms with Gasteiger partial charge in [-0.1, -0.05) is 68.0 Å². The summed E-state index contributed by atoms with van der Waals surface area (Å²) in [5.41, 5.74) is 2.88. The monoisotopic (exact) mass is 563 g/mol. The molecule has 0 aromatic heterocycles. The van der Waals surface area contributed by atoms with Crippen LogP contribution in [0, 0.1) is 5.41 Å². The smallest absolute Gasteiger partial charge is 0.193 e. The molecule has 5 rings (SSSR count). The molecule has 2 bridgehead atoms. The van der Waals surface area contributed by atoms with Crippen molar-refractivity contribution in [3.8, 4) is 0 Å². The van der Waals surface area contributed by atoms with E-state index in [1.54, 1.807) is 0 Å². The van der Waals surface area contributed by atoms with Gasteiger partial charge in [0, 0.05) is 29.6 Å². The van der Waals surface area contributed by atoms with E-state index in [2.05, 4.69) is 37.8 Å². The predicted octanol–water partition coefficient (Wildman–Crippen LogP) is 5.02. The Balaban J connectivity index is 1.81. The van der Waals surface area contributed by atoms with Crippen LogP contribution in [-0.2, 0) is 6.42 Å². The zero-order chi connectivity index (χ0) is 29.6. The second kappa shape index (κ2) is 13.7. The summed E-state index contributed by atoms with van der Waals surface area (Å²) in [6.07, 6.45) is 6.62. The Hall–Kier alpha value is -2.35. The standard InChI is InChI=1S/C35H49NO5/c1-4-19-36(22-29(39)23-37)24-35(41)18-16-32-30-15-13-26(21-31(30)33(40)27-10-6-5-7-11-27)20-28(38)14-12-25(2)9-8-17-34(32,35)3/h5-7,9-11,13,15,21,28-29,32,37-39,41H,4,8,12,14,16-20,22-24H2,1-3H3. The van der Waals surface area contributed by atoms with Gasteiger partial charge in [0.05, 0.1) is 24.4 Å². The van der Waals surface area contributed by atoms with E-state index >= 15 is 0 Å². The van der Waals surface area contributed by atoms with Crippen molar-refractivity contribution >= 4 is 5.78 Å². The number of aliphatic hydroxyl groups is 4. The molecule has 0 aliphatic heterocycles. The summed E-state index contributed by atoms with van der Waals surface area (Å²) < 4.78 is 0. The molecule has 5 atom stereocenters. The first-order valence-electron chi connectivity index (χ1n) is 15.4. The Bertz CT molecular complexity index is 1200. The number of hydrogen-bond acceptors (Lipinski definition) is 6. The van der Waals surface area contributed by atoms with E-state index in [-0.39, 0.29) is 18.3 Å². The van der Waals surface area contributed by atoms with Crippen molar-refractivity contribution in [1.29, 1.82) is 0 Å². The number of allylic oxidation sites excluding steroid dienone is 2. The number of hydrogen-bond donors (Lipinski definition) is 4. The second-order valence-electron chi connectivity index (χ2n) is 12.7. The van der Waals surface area contributed by atoms with Crippen LogP contribution in [0.15, 0.2) is 60.2 Å². The molecule has 2 aromatic rings. The van der Waals surface area contributed by atoms with E-state index in [9.17, 15) is 25.2 Å². The number of carbonyl (C=O) groups is 1. The van der Waals surface area contributed by atoms with Gasteiger partial charge in [-0.15, -0.1) is 0 Å². The van der Waals surface area contributed by atoms with E-state index in [0.717, 1.165) is 43.2 Å². The topological polar surface area (TPSA) is 101 Å². The lowest BCUT2D eigenvalue weighted by molar-refractivity contribution is -0.0891. The van der Waals surface area contributed by atoms with Gasteiger partial charge in [0.25, 0.3) is 0 Å². The number of ketones is 1. The van der Waals surface area contributed by atoms with E-state index in [0.29, 0.717) is 50.0 Å². The number of fused-ring (bicyclic) bond motifs is 8. The molecule has 6 heteroatoms. The normalized spacial score (nSPS) is 27.8. The third-order valence-corrected chi connectivity index (χ3v) is 9.66. The Morgan fingerprint density at radius 2 is 1.88 bits per heavy atom. The lowest BCUT2D eigenvalue weighted by Gasteiger charge is -2.46. The molecule has 0 saturated heterocycles. The average molecular weight is 564 g/mol. The summed E-state index contributed by atoms with van der Waals surface area (Å²) in [6.45, 7) is 7.49. The molecule has 0 amide bonds. The number of carbonyl (C=O) groups excluding carboxylic acids is 1. The summed E-state index contributed by atoms with van der Waals surface area (Å²) in [4.78, 5) is 16.1. The number of aliphatic hydroxyl groups excluding tert-OH is 3. The van der Waals surface area contributed by atoms with Gasteiger partial charge < -0.3 is 20.4 Å². The summed E-state index contributed by atoms with van der Waals surface area (Å²) in [6, 6.07) is 15.4. The van der Waals surface area contributed by atoms with Crippen LogP contribution in [0.5, 0.6) is 0 Å². The summed E-state index contributed by atoms with van der Waals surface area (Å²) in [5.74, 6) is -0.0757. The van der Waals surface area contributed by atoms with Crippen LogP contribution in [0.25, 0.3) is 0 Å². The Morgan fingerprint density at radius 1 is 1.12 bits per heavy atom. The quantitative estimate of drug-likeness (QED) is 0.253. The number of benzene rings is 2. The van der Waals surface area contributed by atoms with Gasteiger partial charge in [0.1, 0.15) is 0 Å². The third kappa shape index (κ3) is 7.18. The van der Waals surface area contributed by atoms with Crippen molar-refractivity contribution in [2.75, 3.05) is 26.2 Å². The summed E-state index contributed by atoms with van der Waals surface area (Å²) >= 11 is 0. The van der Waals surface area contributed by atoms with E-state index < -0.39 is 23.2 Å². The molecular formula is C35H49NO5. The highest BCUT2D eigenvalue weighted by Gasteiger charge is 2.57. The maximum atomic E-state index is 14.0. The van der Waals surface area contributed by atoms with Crippen LogP contribution in [0.1, 0.15) is 98.7 Å². The van der Waals surface area contributed by atoms with E-state index in [4.69, 9.17) is 0 Å². The predicted molar refractivity (Wildman–Crippen MR) is 163 cm³/mol. The zero-order valence-corrected chi connectivity index (χ0v) is 25.1. The van der Waals surface area contributed by atoms with Crippen molar-refractivity contribution in [3.63, 3.8) is 0 Å². The van der Waals surface area contributed by atoms with Gasteiger partial charge in [-0.05, 0) is 87.9 Å². The molecular weight excluding hydrogens is 514 g/mol. The van der Waals surface area contributed by atoms with Crippen LogP contribution in [-0.4, -0.2) is 75.2 Å². The molecule has 0 heterocycles. The Labute approximate surface area is 245 Å². The molecule has 41 heavy (non-hydrogen) atoms. The minimum atomic E-state index is -1.04. The molecule has 0 radical (unpaired) electrons. The number of nitrogens with zero attached hydrogens (tertiary/aromatic N) is 1. The van der Waals surface area contributed by atoms with Crippen LogP contribution in [0.3, 0.4) is 0 Å². The maximum Gasteiger partial charge on any atom is 0.193 e. The Morgan fingerprint density at radius 3 is 2.59 bits per heavy atom. The summed E-state index contributed by atoms with van der Waals surface area (Å²) in [5, 5.41) is 43.1. The van der Waals surface area contributed by atoms with E-state index in [1.165, 1.54) is 5.57 Å². The molecule has 224 valence electrons. The van der Waals surface area contributed by atoms with Crippen LogP contribution >= 0.6 is 0 Å². The lowest BCUT2D eigenvalue weighted by Crippen LogP contribution is -2.54. The second-order valence-corrected chi connectivity index (χ2v) is 12.7. The maximum absolute atomic E-state index is 14.0. The first kappa shape index (κ1) is 31.6. The van der Waals surface area contributed by atoms with E-state index in [1.807, 2.05) is 42.5 Å². The average Bonchev–Trinajstić information content (AvgIpc) is 3.21. The molecule has 1 saturated carbocycles. The van der Waals surface area contributed by atoms with Gasteiger partial charge in [0.15, 0.2) is 5.78 Å². The fourth-order valence-electron chi connectivity index (χ4n) is 7.22. The van der Waals surface area contributed by atoms with Crippen LogP contribution in [0.4, 0.5) is 0 Å². The van der Waals surface area contributed by atoms with Gasteiger partial charge in [-0.25, -0.2) is 0 Å². The van der Waals surface area contributed by atoms with Crippen LogP contribution in [0.2, 0.25) is 0 Å². The third-order valence-electron chi connectivity index (χ3n) is 9.66. The van der Waals surface area contributed by atoms with Crippen molar-refractivity contribution in [1.82, 2.24) is 4.90 Å². The minimum Gasteiger partial charge on any atom is -0.394 e. The molecule has 1 fully saturated rings. The first-order valence-corrected chi connectivity index (χ1v) is 15.4. The summed E-state index contributed by atoms with van der Waals surface area (Å²) in [7, 11) is 0. The zero-order valence-electron chi connectivity index (χ0n) is 25.1. The molecule has 5 unspecified atom stereocenters. The highest BCUT2D eigenvalue weighted by atomic mass is 16.3. The molecule has 3 aliphatic rings. The minimum absolute atomic E-state index is 0.0313. The van der Waals surface area contributed by atoms with Crippen molar-refractivity contribution in [2.45, 2.75) is 95.9 Å². The highest BCUT2D eigenvalue weighted by molar-refractivity contribution is 6.10. The van der Waals surface area contributed by atoms with Gasteiger partial charge in [0.2, 0.25) is 0 Å². The fourth-order valence-corrected chi connectivity index (χ4v) is 7.22. The van der Waals surface area contributed by atoms with Crippen molar-refractivity contribution in [3.05, 3.63) is 82.4 Å². The number of rotatable bonds is 9. The Kier molecular flexibility index (Phi) is 10.6. The van der Waals surface area contributed by atoms with Gasteiger partial charge in [-0.2, -0.15) is 0 Å². The lowest BCUT2D eigenvalue weighted by atomic mass is 9.64. The van der Waals surface area contributed by atoms with Gasteiger partial charge >= 0.3 is 0 Å². The first-order chi connectivity index (χ1) is 19.6. The highest BCUT2D eigenvalue weighted by Crippen LogP contribution is 2.58. The molecule has 2 aromatic carbocycles. The van der Waals surface area contributed by atoms with Crippen LogP contribution < -0.4 is 0 Å². The molecule has 4 N–H and O–H groups in total. The van der Waals surface area contributed by atoms with Crippen molar-refractivity contribution < 1.29 is 25.2 Å².